The summed E-state index contributed by atoms with van der Waals surface area (Å²) in [6.07, 6.45) is 0. The van der Waals surface area contributed by atoms with E-state index in [0.29, 0.717) is 4.80 Å². The summed E-state index contributed by atoms with van der Waals surface area (Å²) in [5.74, 6) is -1.07. The summed E-state index contributed by atoms with van der Waals surface area (Å²) < 4.78 is 7.32. The molecule has 0 atom stereocenters. The van der Waals surface area contributed by atoms with Gasteiger partial charge < -0.3 is 9.30 Å². The van der Waals surface area contributed by atoms with E-state index in [1.165, 1.54) is 43.6 Å². The van der Waals surface area contributed by atoms with E-state index >= 15 is 0 Å². The van der Waals surface area contributed by atoms with Gasteiger partial charge in [0, 0.05) is 11.6 Å². The number of carbonyl (C=O) groups excluding carboxylic acids is 2. The lowest BCUT2D eigenvalue weighted by Gasteiger charge is -2.06. The van der Waals surface area contributed by atoms with Crippen LogP contribution >= 0.6 is 11.3 Å². The number of nitro benzene ring substituents is 1. The number of nitrogens with zero attached hydrogens (tertiary/aromatic N) is 3. The third kappa shape index (κ3) is 3.95. The van der Waals surface area contributed by atoms with E-state index in [1.54, 1.807) is 4.57 Å². The van der Waals surface area contributed by atoms with Gasteiger partial charge in [0.05, 0.1) is 27.8 Å². The van der Waals surface area contributed by atoms with Crippen LogP contribution in [0.1, 0.15) is 27.0 Å². The smallest absolute Gasteiger partial charge is 0.325 e. The van der Waals surface area contributed by atoms with Crippen LogP contribution in [0.2, 0.25) is 0 Å². The summed E-state index contributed by atoms with van der Waals surface area (Å²) in [6.45, 7) is 5.31. The number of amides is 1. The average Bonchev–Trinajstić information content (AvgIpc) is 2.99. The number of esters is 1. The predicted molar refractivity (Wildman–Crippen MR) is 109 cm³/mol. The molecular formula is C20H19N3O5S. The first-order valence-corrected chi connectivity index (χ1v) is 9.55. The molecule has 0 N–H and O–H groups in total. The molecule has 29 heavy (non-hydrogen) atoms. The number of methoxy groups -OCH3 is 1. The van der Waals surface area contributed by atoms with Crippen LogP contribution in [0.25, 0.3) is 10.2 Å². The van der Waals surface area contributed by atoms with Crippen LogP contribution in [0.4, 0.5) is 5.69 Å². The van der Waals surface area contributed by atoms with Crippen molar-refractivity contribution in [3.05, 3.63) is 67.5 Å². The first-order chi connectivity index (χ1) is 13.7. The van der Waals surface area contributed by atoms with Gasteiger partial charge in [0.2, 0.25) is 0 Å². The third-order valence-corrected chi connectivity index (χ3v) is 5.79. The Balaban J connectivity index is 2.22. The fraction of sp³-hybridized carbons (Fsp3) is 0.250. The number of aromatic nitrogens is 1. The van der Waals surface area contributed by atoms with Crippen LogP contribution in [0.15, 0.2) is 35.3 Å². The van der Waals surface area contributed by atoms with Crippen LogP contribution in [0.3, 0.4) is 0 Å². The van der Waals surface area contributed by atoms with Gasteiger partial charge in [-0.25, -0.2) is 0 Å². The lowest BCUT2D eigenvalue weighted by Crippen LogP contribution is -2.22. The van der Waals surface area contributed by atoms with Gasteiger partial charge in [0.25, 0.3) is 11.6 Å². The molecule has 150 valence electrons. The van der Waals surface area contributed by atoms with Crippen molar-refractivity contribution in [2.45, 2.75) is 27.3 Å². The quantitative estimate of drug-likeness (QED) is 0.370. The molecule has 0 bridgehead atoms. The van der Waals surface area contributed by atoms with Gasteiger partial charge >= 0.3 is 5.97 Å². The number of aryl methyl sites for hydroxylation is 2. The lowest BCUT2D eigenvalue weighted by atomic mass is 10.1. The number of hydrogen-bond acceptors (Lipinski definition) is 6. The van der Waals surface area contributed by atoms with E-state index in [9.17, 15) is 19.7 Å². The van der Waals surface area contributed by atoms with E-state index in [1.807, 2.05) is 26.0 Å². The number of rotatable bonds is 4. The molecule has 1 amide bonds. The molecule has 3 rings (SSSR count). The molecule has 9 heteroatoms. The van der Waals surface area contributed by atoms with Crippen LogP contribution in [0, 0.1) is 30.9 Å². The molecule has 0 aliphatic heterocycles. The number of thiazole rings is 1. The molecule has 0 aliphatic rings. The summed E-state index contributed by atoms with van der Waals surface area (Å²) in [5.41, 5.74) is 3.05. The van der Waals surface area contributed by atoms with Gasteiger partial charge in [-0.05, 0) is 44.0 Å². The Bertz CT molecular complexity index is 1220. The largest absolute Gasteiger partial charge is 0.468 e. The highest BCUT2D eigenvalue weighted by molar-refractivity contribution is 7.16. The Morgan fingerprint density at radius 1 is 1.24 bits per heavy atom. The van der Waals surface area contributed by atoms with Crippen LogP contribution < -0.4 is 4.80 Å². The van der Waals surface area contributed by atoms with Gasteiger partial charge in [-0.1, -0.05) is 23.5 Å². The molecule has 0 unspecified atom stereocenters. The Hall–Kier alpha value is -3.33. The summed E-state index contributed by atoms with van der Waals surface area (Å²) in [7, 11) is 1.29. The number of hydrogen-bond donors (Lipinski definition) is 0. The summed E-state index contributed by atoms with van der Waals surface area (Å²) in [6, 6.07) is 8.23. The van der Waals surface area contributed by atoms with E-state index in [4.69, 9.17) is 4.74 Å². The molecular weight excluding hydrogens is 394 g/mol. The van der Waals surface area contributed by atoms with Crippen molar-refractivity contribution in [3.63, 3.8) is 0 Å². The van der Waals surface area contributed by atoms with Crippen molar-refractivity contribution in [2.24, 2.45) is 4.99 Å². The molecule has 1 aromatic heterocycles. The van der Waals surface area contributed by atoms with E-state index < -0.39 is 16.8 Å². The van der Waals surface area contributed by atoms with Crippen molar-refractivity contribution in [1.29, 1.82) is 0 Å². The maximum atomic E-state index is 12.8. The summed E-state index contributed by atoms with van der Waals surface area (Å²) in [5, 5.41) is 11.2. The number of benzene rings is 2. The fourth-order valence-electron chi connectivity index (χ4n) is 3.14. The Morgan fingerprint density at radius 3 is 2.62 bits per heavy atom. The molecule has 3 aromatic rings. The maximum Gasteiger partial charge on any atom is 0.325 e. The second-order valence-electron chi connectivity index (χ2n) is 6.60. The summed E-state index contributed by atoms with van der Waals surface area (Å²) >= 11 is 1.28. The molecule has 0 fully saturated rings. The van der Waals surface area contributed by atoms with Gasteiger partial charge in [-0.2, -0.15) is 4.99 Å². The number of nitro groups is 1. The number of fused-ring (bicyclic) bond motifs is 1. The van der Waals surface area contributed by atoms with Gasteiger partial charge in [0.15, 0.2) is 4.80 Å². The Kier molecular flexibility index (Phi) is 5.60. The topological polar surface area (TPSA) is 104 Å². The van der Waals surface area contributed by atoms with E-state index in [-0.39, 0.29) is 23.4 Å². The number of carbonyl (C=O) groups is 2. The Labute approximate surface area is 170 Å². The van der Waals surface area contributed by atoms with Crippen LogP contribution in [0.5, 0.6) is 0 Å². The highest BCUT2D eigenvalue weighted by atomic mass is 32.1. The molecule has 8 nitrogen and oxygen atoms in total. The van der Waals surface area contributed by atoms with Crippen LogP contribution in [-0.4, -0.2) is 28.5 Å². The predicted octanol–water partition coefficient (Wildman–Crippen LogP) is 3.45. The highest BCUT2D eigenvalue weighted by Gasteiger charge is 2.19. The van der Waals surface area contributed by atoms with Crippen molar-refractivity contribution in [3.8, 4) is 0 Å². The highest BCUT2D eigenvalue weighted by Crippen LogP contribution is 2.24. The second kappa shape index (κ2) is 7.96. The SMILES string of the molecule is COC(=O)Cn1c(=NC(=O)c2cccc([N+](=O)[O-])c2C)sc2c(C)cc(C)cc21. The van der Waals surface area contributed by atoms with Gasteiger partial charge in [-0.15, -0.1) is 0 Å². The summed E-state index contributed by atoms with van der Waals surface area (Å²) in [4.78, 5) is 39.9. The van der Waals surface area contributed by atoms with Gasteiger partial charge in [0.1, 0.15) is 6.54 Å². The Morgan fingerprint density at radius 2 is 1.97 bits per heavy atom. The molecule has 2 aromatic carbocycles. The average molecular weight is 413 g/mol. The molecule has 1 heterocycles. The van der Waals surface area contributed by atoms with Gasteiger partial charge in [-0.3, -0.25) is 19.7 Å². The van der Waals surface area contributed by atoms with Crippen molar-refractivity contribution < 1.29 is 19.2 Å². The molecule has 0 saturated carbocycles. The normalized spacial score (nSPS) is 11.7. The van der Waals surface area contributed by atoms with Crippen molar-refractivity contribution >= 4 is 39.1 Å². The number of ether oxygens (including phenoxy) is 1. The second-order valence-corrected chi connectivity index (χ2v) is 7.58. The van der Waals surface area contributed by atoms with E-state index in [2.05, 4.69) is 4.99 Å². The van der Waals surface area contributed by atoms with Crippen molar-refractivity contribution in [1.82, 2.24) is 4.57 Å². The first kappa shape index (κ1) is 20.4. The minimum atomic E-state index is -0.606. The minimum Gasteiger partial charge on any atom is -0.468 e. The zero-order valence-corrected chi connectivity index (χ0v) is 17.2. The molecule has 0 aliphatic carbocycles. The zero-order valence-electron chi connectivity index (χ0n) is 16.4. The van der Waals surface area contributed by atoms with E-state index in [0.717, 1.165) is 21.3 Å². The monoisotopic (exact) mass is 413 g/mol. The molecule has 0 radical (unpaired) electrons. The lowest BCUT2D eigenvalue weighted by molar-refractivity contribution is -0.385. The standard InChI is InChI=1S/C20H19N3O5S/c1-11-8-12(2)18-16(9-11)22(10-17(24)28-4)20(29-18)21-19(25)14-6-5-7-15(13(14)3)23(26)27/h5-9H,10H2,1-4H3. The minimum absolute atomic E-state index is 0.0978. The third-order valence-electron chi connectivity index (χ3n) is 4.56. The van der Waals surface area contributed by atoms with Crippen molar-refractivity contribution in [2.75, 3.05) is 7.11 Å². The first-order valence-electron chi connectivity index (χ1n) is 8.73. The molecule has 0 spiro atoms. The molecule has 0 saturated heterocycles. The zero-order chi connectivity index (χ0) is 21.3. The van der Waals surface area contributed by atoms with Crippen LogP contribution in [-0.2, 0) is 16.1 Å². The maximum absolute atomic E-state index is 12.8. The fourth-order valence-corrected chi connectivity index (χ4v) is 4.22.